The van der Waals surface area contributed by atoms with Crippen molar-refractivity contribution in [3.8, 4) is 0 Å². The second-order valence-corrected chi connectivity index (χ2v) is 4.33. The van der Waals surface area contributed by atoms with Crippen LogP contribution < -0.4 is 4.90 Å². The summed E-state index contributed by atoms with van der Waals surface area (Å²) in [5.41, 5.74) is 1.55. The summed E-state index contributed by atoms with van der Waals surface area (Å²) in [7, 11) is 0. The first-order valence-electron chi connectivity index (χ1n) is 5.85. The van der Waals surface area contributed by atoms with E-state index in [1.54, 1.807) is 17.0 Å². The molecule has 18 heavy (non-hydrogen) atoms. The Labute approximate surface area is 112 Å². The van der Waals surface area contributed by atoms with Gasteiger partial charge in [-0.05, 0) is 43.3 Å². The van der Waals surface area contributed by atoms with Crippen molar-refractivity contribution in [3.63, 3.8) is 0 Å². The van der Waals surface area contributed by atoms with Crippen LogP contribution in [0.15, 0.2) is 54.6 Å². The number of rotatable bonds is 3. The maximum absolute atomic E-state index is 12.4. The van der Waals surface area contributed by atoms with E-state index in [-0.39, 0.29) is 5.91 Å². The molecule has 0 saturated carbocycles. The summed E-state index contributed by atoms with van der Waals surface area (Å²) in [6, 6.07) is 16.6. The van der Waals surface area contributed by atoms with E-state index in [2.05, 4.69) is 0 Å². The second kappa shape index (κ2) is 5.69. The van der Waals surface area contributed by atoms with Gasteiger partial charge in [0.05, 0.1) is 0 Å². The number of halogens is 1. The van der Waals surface area contributed by atoms with Gasteiger partial charge in [0.15, 0.2) is 0 Å². The molecule has 1 amide bonds. The molecule has 0 fully saturated rings. The van der Waals surface area contributed by atoms with Crippen molar-refractivity contribution in [2.75, 3.05) is 11.4 Å². The fourth-order valence-electron chi connectivity index (χ4n) is 1.80. The van der Waals surface area contributed by atoms with E-state index >= 15 is 0 Å². The molecule has 0 unspecified atom stereocenters. The highest BCUT2D eigenvalue weighted by Gasteiger charge is 2.15. The third kappa shape index (κ3) is 2.71. The molecule has 92 valence electrons. The van der Waals surface area contributed by atoms with Crippen LogP contribution in [-0.4, -0.2) is 12.5 Å². The van der Waals surface area contributed by atoms with Crippen LogP contribution in [0.3, 0.4) is 0 Å². The Kier molecular flexibility index (Phi) is 4.00. The predicted molar refractivity (Wildman–Crippen MR) is 75.2 cm³/mol. The second-order valence-electron chi connectivity index (χ2n) is 3.89. The minimum Gasteiger partial charge on any atom is -0.309 e. The normalized spacial score (nSPS) is 10.1. The number of hydrogen-bond donors (Lipinski definition) is 0. The molecule has 2 rings (SSSR count). The lowest BCUT2D eigenvalue weighted by atomic mass is 10.2. The zero-order chi connectivity index (χ0) is 13.0. The maximum atomic E-state index is 12.4. The van der Waals surface area contributed by atoms with Gasteiger partial charge in [0.2, 0.25) is 0 Å². The Bertz CT molecular complexity index is 522. The molecule has 0 aliphatic heterocycles. The summed E-state index contributed by atoms with van der Waals surface area (Å²) in [5.74, 6) is 0.000391. The van der Waals surface area contributed by atoms with Gasteiger partial charge in [0.25, 0.3) is 5.91 Å². The third-order valence-electron chi connectivity index (χ3n) is 2.72. The van der Waals surface area contributed by atoms with Crippen molar-refractivity contribution in [2.45, 2.75) is 6.92 Å². The van der Waals surface area contributed by atoms with E-state index < -0.39 is 0 Å². The largest absolute Gasteiger partial charge is 0.309 e. The van der Waals surface area contributed by atoms with Crippen molar-refractivity contribution >= 4 is 23.2 Å². The van der Waals surface area contributed by atoms with E-state index in [1.807, 2.05) is 49.4 Å². The Morgan fingerprint density at radius 2 is 1.67 bits per heavy atom. The van der Waals surface area contributed by atoms with E-state index in [0.717, 1.165) is 5.69 Å². The molecule has 0 aliphatic carbocycles. The van der Waals surface area contributed by atoms with Gasteiger partial charge in [-0.15, -0.1) is 0 Å². The summed E-state index contributed by atoms with van der Waals surface area (Å²) < 4.78 is 0. The predicted octanol–water partition coefficient (Wildman–Crippen LogP) is 4.01. The summed E-state index contributed by atoms with van der Waals surface area (Å²) in [6.45, 7) is 2.57. The van der Waals surface area contributed by atoms with Crippen LogP contribution in [0.2, 0.25) is 5.02 Å². The van der Waals surface area contributed by atoms with Crippen LogP contribution in [0.25, 0.3) is 0 Å². The van der Waals surface area contributed by atoms with Crippen molar-refractivity contribution in [1.82, 2.24) is 0 Å². The molecule has 2 aromatic carbocycles. The molecule has 0 spiro atoms. The van der Waals surface area contributed by atoms with Crippen LogP contribution in [0.5, 0.6) is 0 Å². The monoisotopic (exact) mass is 259 g/mol. The topological polar surface area (TPSA) is 20.3 Å². The van der Waals surface area contributed by atoms with E-state index in [4.69, 9.17) is 11.6 Å². The van der Waals surface area contributed by atoms with Gasteiger partial charge < -0.3 is 4.90 Å². The van der Waals surface area contributed by atoms with Crippen LogP contribution in [0, 0.1) is 0 Å². The number of hydrogen-bond acceptors (Lipinski definition) is 1. The lowest BCUT2D eigenvalue weighted by Gasteiger charge is -2.21. The van der Waals surface area contributed by atoms with E-state index in [0.29, 0.717) is 17.1 Å². The average molecular weight is 260 g/mol. The summed E-state index contributed by atoms with van der Waals surface area (Å²) >= 11 is 5.85. The molecule has 0 aromatic heterocycles. The Hall–Kier alpha value is -1.80. The van der Waals surface area contributed by atoms with Gasteiger partial charge in [-0.3, -0.25) is 4.79 Å². The van der Waals surface area contributed by atoms with Crippen LogP contribution in [0.4, 0.5) is 5.69 Å². The first-order valence-corrected chi connectivity index (χ1v) is 6.22. The van der Waals surface area contributed by atoms with Gasteiger partial charge in [-0.2, -0.15) is 0 Å². The molecule has 0 radical (unpaired) electrons. The number of anilines is 1. The van der Waals surface area contributed by atoms with Crippen molar-refractivity contribution < 1.29 is 4.79 Å². The fraction of sp³-hybridized carbons (Fsp3) is 0.133. The minimum atomic E-state index is 0.000391. The summed E-state index contributed by atoms with van der Waals surface area (Å²) in [6.07, 6.45) is 0. The number of amides is 1. The molecule has 0 bridgehead atoms. The maximum Gasteiger partial charge on any atom is 0.258 e. The molecular formula is C15H14ClNO. The number of carbonyl (C=O) groups is 1. The SMILES string of the molecule is CCN(C(=O)c1ccccc1)c1ccc(Cl)cc1. The fourth-order valence-corrected chi connectivity index (χ4v) is 1.93. The van der Waals surface area contributed by atoms with Crippen LogP contribution in [0.1, 0.15) is 17.3 Å². The van der Waals surface area contributed by atoms with Gasteiger partial charge in [-0.1, -0.05) is 29.8 Å². The van der Waals surface area contributed by atoms with Crippen molar-refractivity contribution in [3.05, 3.63) is 65.2 Å². The molecule has 0 heterocycles. The lowest BCUT2D eigenvalue weighted by Crippen LogP contribution is -2.30. The number of carbonyl (C=O) groups excluding carboxylic acids is 1. The first kappa shape index (κ1) is 12.7. The number of nitrogens with zero attached hydrogens (tertiary/aromatic N) is 1. The summed E-state index contributed by atoms with van der Waals surface area (Å²) in [5, 5.41) is 0.668. The summed E-state index contributed by atoms with van der Waals surface area (Å²) in [4.78, 5) is 14.1. The van der Waals surface area contributed by atoms with Gasteiger partial charge in [-0.25, -0.2) is 0 Å². The molecule has 2 nitrogen and oxygen atoms in total. The Morgan fingerprint density at radius 3 is 2.22 bits per heavy atom. The van der Waals surface area contributed by atoms with Gasteiger partial charge >= 0.3 is 0 Å². The highest BCUT2D eigenvalue weighted by atomic mass is 35.5. The smallest absolute Gasteiger partial charge is 0.258 e. The molecule has 0 N–H and O–H groups in total. The highest BCUT2D eigenvalue weighted by Crippen LogP contribution is 2.19. The van der Waals surface area contributed by atoms with Gasteiger partial charge in [0, 0.05) is 22.8 Å². The minimum absolute atomic E-state index is 0.000391. The van der Waals surface area contributed by atoms with Crippen molar-refractivity contribution in [1.29, 1.82) is 0 Å². The Morgan fingerprint density at radius 1 is 1.06 bits per heavy atom. The first-order chi connectivity index (χ1) is 8.72. The third-order valence-corrected chi connectivity index (χ3v) is 2.97. The number of benzene rings is 2. The molecule has 3 heteroatoms. The van der Waals surface area contributed by atoms with Crippen LogP contribution >= 0.6 is 11.6 Å². The highest BCUT2D eigenvalue weighted by molar-refractivity contribution is 6.30. The zero-order valence-corrected chi connectivity index (χ0v) is 10.9. The van der Waals surface area contributed by atoms with E-state index in [1.165, 1.54) is 0 Å². The standard InChI is InChI=1S/C15H14ClNO/c1-2-17(14-10-8-13(16)9-11-14)15(18)12-6-4-3-5-7-12/h3-11H,2H2,1H3. The van der Waals surface area contributed by atoms with Crippen molar-refractivity contribution in [2.24, 2.45) is 0 Å². The average Bonchev–Trinajstić information content (AvgIpc) is 2.42. The molecule has 0 saturated heterocycles. The van der Waals surface area contributed by atoms with Crippen LogP contribution in [-0.2, 0) is 0 Å². The molecular weight excluding hydrogens is 246 g/mol. The Balaban J connectivity index is 2.29. The molecule has 2 aromatic rings. The molecule has 0 atom stereocenters. The lowest BCUT2D eigenvalue weighted by molar-refractivity contribution is 0.0988. The van der Waals surface area contributed by atoms with Gasteiger partial charge in [0.1, 0.15) is 0 Å². The zero-order valence-electron chi connectivity index (χ0n) is 10.1. The quantitative estimate of drug-likeness (QED) is 0.816. The molecule has 0 aliphatic rings. The van der Waals surface area contributed by atoms with E-state index in [9.17, 15) is 4.79 Å².